The van der Waals surface area contributed by atoms with Crippen LogP contribution in [0.25, 0.3) is 0 Å². The number of aromatic nitrogens is 3. The largest absolute Gasteiger partial charge is 0.384 e. The minimum Gasteiger partial charge on any atom is -0.384 e. The normalized spacial score (nSPS) is 9.86. The second kappa shape index (κ2) is 6.63. The Morgan fingerprint density at radius 1 is 1.52 bits per heavy atom. The number of hydrogen-bond acceptors (Lipinski definition) is 4. The highest BCUT2D eigenvalue weighted by molar-refractivity contribution is 5.94. The van der Waals surface area contributed by atoms with Gasteiger partial charge in [0, 0.05) is 12.6 Å². The van der Waals surface area contributed by atoms with Gasteiger partial charge in [0.1, 0.15) is 24.6 Å². The summed E-state index contributed by atoms with van der Waals surface area (Å²) in [6.07, 6.45) is 1.33. The molecule has 2 rings (SSSR count). The van der Waals surface area contributed by atoms with E-state index in [2.05, 4.69) is 27.0 Å². The van der Waals surface area contributed by atoms with Crippen LogP contribution >= 0.6 is 0 Å². The fraction of sp³-hybridized carbons (Fsp3) is 0.214. The highest BCUT2D eigenvalue weighted by Crippen LogP contribution is 2.13. The summed E-state index contributed by atoms with van der Waals surface area (Å²) in [4.78, 5) is 17.5. The summed E-state index contributed by atoms with van der Waals surface area (Å²) in [7, 11) is 1.54. The number of aromatic amines is 1. The fourth-order valence-electron chi connectivity index (χ4n) is 1.72. The summed E-state index contributed by atoms with van der Waals surface area (Å²) < 4.78 is 13.8. The van der Waals surface area contributed by atoms with Crippen molar-refractivity contribution in [2.24, 2.45) is 0 Å². The van der Waals surface area contributed by atoms with Crippen molar-refractivity contribution in [1.82, 2.24) is 20.1 Å². The van der Waals surface area contributed by atoms with Crippen molar-refractivity contribution >= 4 is 5.91 Å². The molecule has 21 heavy (non-hydrogen) atoms. The van der Waals surface area contributed by atoms with Crippen molar-refractivity contribution in [2.45, 2.75) is 6.54 Å². The third-order valence-electron chi connectivity index (χ3n) is 2.71. The molecule has 0 atom stereocenters. The van der Waals surface area contributed by atoms with Crippen LogP contribution in [-0.2, 0) is 6.54 Å². The molecule has 0 bridgehead atoms. The number of amides is 1. The first-order chi connectivity index (χ1) is 10.1. The molecule has 0 unspecified atom stereocenters. The molecule has 0 fully saturated rings. The van der Waals surface area contributed by atoms with Gasteiger partial charge in [-0.15, -0.1) is 0 Å². The lowest BCUT2D eigenvalue weighted by Gasteiger charge is -2.16. The first-order valence-electron chi connectivity index (χ1n) is 6.11. The van der Waals surface area contributed by atoms with Gasteiger partial charge >= 0.3 is 0 Å². The maximum absolute atomic E-state index is 13.8. The van der Waals surface area contributed by atoms with E-state index in [9.17, 15) is 9.18 Å². The summed E-state index contributed by atoms with van der Waals surface area (Å²) >= 11 is 0. The van der Waals surface area contributed by atoms with E-state index in [-0.39, 0.29) is 18.7 Å². The zero-order chi connectivity index (χ0) is 15.2. The quantitative estimate of drug-likeness (QED) is 0.809. The van der Waals surface area contributed by atoms with Gasteiger partial charge in [0.05, 0.1) is 12.1 Å². The molecule has 0 saturated carbocycles. The minimum absolute atomic E-state index is 0.0817. The van der Waals surface area contributed by atoms with Crippen LogP contribution in [0.2, 0.25) is 0 Å². The van der Waals surface area contributed by atoms with Crippen LogP contribution in [-0.4, -0.2) is 44.7 Å². The Kier molecular flexibility index (Phi) is 4.64. The van der Waals surface area contributed by atoms with Gasteiger partial charge in [0.25, 0.3) is 5.91 Å². The topological polar surface area (TPSA) is 82.1 Å². The molecule has 1 aromatic carbocycles. The summed E-state index contributed by atoms with van der Waals surface area (Å²) in [6.45, 7) is -0.114. The standard InChI is InChI=1S/C14H13FN4O2/c1-19(8-13-16-9-17-18-13)14(21)11-7-10(3-2-6-20)4-5-12(11)15/h4-5,7,9,20H,6,8H2,1H3,(H,16,17,18). The zero-order valence-corrected chi connectivity index (χ0v) is 11.3. The number of carbonyl (C=O) groups excluding carboxylic acids is 1. The number of nitrogens with one attached hydrogen (secondary N) is 1. The highest BCUT2D eigenvalue weighted by Gasteiger charge is 2.17. The number of aliphatic hydroxyl groups is 1. The molecule has 108 valence electrons. The lowest BCUT2D eigenvalue weighted by atomic mass is 10.1. The Balaban J connectivity index is 2.21. The smallest absolute Gasteiger partial charge is 0.257 e. The first kappa shape index (κ1) is 14.7. The third-order valence-corrected chi connectivity index (χ3v) is 2.71. The van der Waals surface area contributed by atoms with Gasteiger partial charge in [-0.1, -0.05) is 11.8 Å². The predicted molar refractivity (Wildman–Crippen MR) is 72.5 cm³/mol. The number of H-pyrrole nitrogens is 1. The average Bonchev–Trinajstić information content (AvgIpc) is 2.98. The van der Waals surface area contributed by atoms with Gasteiger partial charge in [-0.05, 0) is 18.2 Å². The van der Waals surface area contributed by atoms with E-state index in [4.69, 9.17) is 5.11 Å². The molecule has 0 aliphatic rings. The molecule has 0 aliphatic heterocycles. The van der Waals surface area contributed by atoms with Crippen LogP contribution in [0.1, 0.15) is 21.7 Å². The summed E-state index contributed by atoms with van der Waals surface area (Å²) in [6, 6.07) is 3.99. The Morgan fingerprint density at radius 2 is 2.33 bits per heavy atom. The Morgan fingerprint density at radius 3 is 3.00 bits per heavy atom. The summed E-state index contributed by atoms with van der Waals surface area (Å²) in [5.74, 6) is 4.47. The Bertz CT molecular complexity index is 689. The molecular formula is C14H13FN4O2. The molecule has 1 heterocycles. The number of carbonyl (C=O) groups is 1. The van der Waals surface area contributed by atoms with Crippen LogP contribution < -0.4 is 0 Å². The number of nitrogens with zero attached hydrogens (tertiary/aromatic N) is 3. The van der Waals surface area contributed by atoms with Gasteiger partial charge in [0.15, 0.2) is 0 Å². The molecule has 0 saturated heterocycles. The number of hydrogen-bond donors (Lipinski definition) is 2. The second-order valence-corrected chi connectivity index (χ2v) is 4.25. The van der Waals surface area contributed by atoms with Gasteiger partial charge in [0.2, 0.25) is 0 Å². The van der Waals surface area contributed by atoms with E-state index in [0.29, 0.717) is 11.4 Å². The van der Waals surface area contributed by atoms with Crippen molar-refractivity contribution in [3.63, 3.8) is 0 Å². The Hall–Kier alpha value is -2.72. The summed E-state index contributed by atoms with van der Waals surface area (Å²) in [5.41, 5.74) is 0.378. The van der Waals surface area contributed by atoms with Crippen LogP contribution in [0.15, 0.2) is 24.5 Å². The molecule has 0 aliphatic carbocycles. The molecule has 1 aromatic heterocycles. The van der Waals surface area contributed by atoms with E-state index in [1.807, 2.05) is 0 Å². The van der Waals surface area contributed by atoms with Gasteiger partial charge in [-0.2, -0.15) is 5.10 Å². The van der Waals surface area contributed by atoms with E-state index < -0.39 is 11.7 Å². The molecule has 2 N–H and O–H groups in total. The van der Waals surface area contributed by atoms with Gasteiger partial charge in [-0.25, -0.2) is 9.37 Å². The molecule has 2 aromatic rings. The monoisotopic (exact) mass is 288 g/mol. The van der Waals surface area contributed by atoms with Crippen molar-refractivity contribution < 1.29 is 14.3 Å². The lowest BCUT2D eigenvalue weighted by Crippen LogP contribution is -2.27. The average molecular weight is 288 g/mol. The Labute approximate surface area is 120 Å². The van der Waals surface area contributed by atoms with Crippen LogP contribution in [0.3, 0.4) is 0 Å². The molecule has 1 amide bonds. The first-order valence-corrected chi connectivity index (χ1v) is 6.11. The maximum atomic E-state index is 13.8. The van der Waals surface area contributed by atoms with Crippen molar-refractivity contribution in [1.29, 1.82) is 0 Å². The van der Waals surface area contributed by atoms with Crippen molar-refractivity contribution in [3.05, 3.63) is 47.3 Å². The second-order valence-electron chi connectivity index (χ2n) is 4.25. The fourth-order valence-corrected chi connectivity index (χ4v) is 1.72. The van der Waals surface area contributed by atoms with Crippen molar-refractivity contribution in [3.8, 4) is 11.8 Å². The molecule has 0 spiro atoms. The molecule has 7 heteroatoms. The lowest BCUT2D eigenvalue weighted by molar-refractivity contribution is 0.0777. The zero-order valence-electron chi connectivity index (χ0n) is 11.3. The molecule has 0 radical (unpaired) electrons. The van der Waals surface area contributed by atoms with Crippen LogP contribution in [0.5, 0.6) is 0 Å². The SMILES string of the molecule is CN(Cc1ncn[nH]1)C(=O)c1cc(C#CCO)ccc1F. The highest BCUT2D eigenvalue weighted by atomic mass is 19.1. The van der Waals surface area contributed by atoms with Gasteiger partial charge < -0.3 is 10.0 Å². The number of rotatable bonds is 3. The third kappa shape index (κ3) is 3.64. The summed E-state index contributed by atoms with van der Waals surface area (Å²) in [5, 5.41) is 15.0. The number of aliphatic hydroxyl groups excluding tert-OH is 1. The van der Waals surface area contributed by atoms with E-state index in [0.717, 1.165) is 0 Å². The maximum Gasteiger partial charge on any atom is 0.257 e. The van der Waals surface area contributed by atoms with E-state index >= 15 is 0 Å². The van der Waals surface area contributed by atoms with E-state index in [1.165, 1.54) is 36.5 Å². The minimum atomic E-state index is -0.626. The van der Waals surface area contributed by atoms with Crippen molar-refractivity contribution in [2.75, 3.05) is 13.7 Å². The van der Waals surface area contributed by atoms with Crippen LogP contribution in [0, 0.1) is 17.7 Å². The predicted octanol–water partition coefficient (Wildman–Crippen LogP) is 0.560. The number of halogens is 1. The number of benzene rings is 1. The molecular weight excluding hydrogens is 275 g/mol. The van der Waals surface area contributed by atoms with E-state index in [1.54, 1.807) is 0 Å². The molecule has 6 nitrogen and oxygen atoms in total. The van der Waals surface area contributed by atoms with Crippen LogP contribution in [0.4, 0.5) is 4.39 Å². The van der Waals surface area contributed by atoms with Gasteiger partial charge in [-0.3, -0.25) is 9.89 Å².